The van der Waals surface area contributed by atoms with Crippen LogP contribution in [-0.2, 0) is 4.79 Å². The van der Waals surface area contributed by atoms with E-state index in [9.17, 15) is 9.90 Å². The summed E-state index contributed by atoms with van der Waals surface area (Å²) in [4.78, 5) is 18.0. The van der Waals surface area contributed by atoms with Crippen molar-refractivity contribution in [2.45, 2.75) is 13.1 Å². The van der Waals surface area contributed by atoms with Crippen molar-refractivity contribution in [1.82, 2.24) is 5.01 Å². The average molecular weight is 379 g/mol. The largest absolute Gasteiger partial charge is 0.508 e. The number of hydrogen-bond acceptors (Lipinski definition) is 7. The number of piperazine rings is 1. The molecule has 1 atom stereocenters. The third kappa shape index (κ3) is 3.47. The number of phenols is 1. The Morgan fingerprint density at radius 1 is 0.929 bits per heavy atom. The molecule has 1 saturated heterocycles. The number of carbonyl (C=O) groups excluding carboxylic acids is 1. The molecule has 0 aromatic heterocycles. The van der Waals surface area contributed by atoms with E-state index in [4.69, 9.17) is 0 Å². The van der Waals surface area contributed by atoms with E-state index >= 15 is 0 Å². The van der Waals surface area contributed by atoms with Gasteiger partial charge in [-0.25, -0.2) is 0 Å². The Balaban J connectivity index is 1.39. The fourth-order valence-corrected chi connectivity index (χ4v) is 3.75. The number of rotatable bonds is 5. The van der Waals surface area contributed by atoms with Crippen LogP contribution in [0, 0.1) is 0 Å². The second kappa shape index (κ2) is 7.80. The molecule has 7 nitrogen and oxygen atoms in total. The molecular formula is C21H25N5O2. The van der Waals surface area contributed by atoms with Gasteiger partial charge in [0.25, 0.3) is 0 Å². The van der Waals surface area contributed by atoms with Crippen LogP contribution in [0.15, 0.2) is 53.6 Å². The number of phenolic OH excluding ortho intramolecular Hbond substituents is 1. The topological polar surface area (TPSA) is 62.6 Å². The first-order valence-electron chi connectivity index (χ1n) is 9.63. The first-order chi connectivity index (χ1) is 13.7. The number of likely N-dealkylation sites (N-methyl/N-ethyl adjacent to an activating group) is 1. The Bertz CT molecular complexity index is 829. The van der Waals surface area contributed by atoms with Gasteiger partial charge in [0.1, 0.15) is 12.1 Å². The summed E-state index contributed by atoms with van der Waals surface area (Å²) in [6.45, 7) is 6.42. The zero-order chi connectivity index (χ0) is 19.5. The Hall–Kier alpha value is -3.22. The lowest BCUT2D eigenvalue weighted by atomic mass is 10.2. The van der Waals surface area contributed by atoms with E-state index in [0.717, 1.165) is 43.8 Å². The van der Waals surface area contributed by atoms with Crippen LogP contribution in [0.2, 0.25) is 0 Å². The molecule has 2 aromatic rings. The maximum atomic E-state index is 11.5. The van der Waals surface area contributed by atoms with E-state index in [-0.39, 0.29) is 6.17 Å². The minimum absolute atomic E-state index is 0.296. The van der Waals surface area contributed by atoms with Gasteiger partial charge in [-0.05, 0) is 55.5 Å². The predicted molar refractivity (Wildman–Crippen MR) is 112 cm³/mol. The van der Waals surface area contributed by atoms with Crippen molar-refractivity contribution in [2.75, 3.05) is 47.4 Å². The van der Waals surface area contributed by atoms with Crippen molar-refractivity contribution >= 4 is 29.7 Å². The minimum Gasteiger partial charge on any atom is -0.508 e. The van der Waals surface area contributed by atoms with Crippen molar-refractivity contribution in [1.29, 1.82) is 0 Å². The van der Waals surface area contributed by atoms with Crippen molar-refractivity contribution in [3.8, 4) is 5.75 Å². The van der Waals surface area contributed by atoms with Gasteiger partial charge in [0.2, 0.25) is 0 Å². The van der Waals surface area contributed by atoms with Crippen molar-refractivity contribution in [2.24, 2.45) is 5.10 Å². The average Bonchev–Trinajstić information content (AvgIpc) is 3.18. The van der Waals surface area contributed by atoms with Crippen molar-refractivity contribution in [3.05, 3.63) is 48.5 Å². The van der Waals surface area contributed by atoms with Crippen LogP contribution in [-0.4, -0.2) is 61.6 Å². The van der Waals surface area contributed by atoms with E-state index < -0.39 is 0 Å². The number of aldehydes is 1. The number of hydrazone groups is 1. The molecule has 2 heterocycles. The van der Waals surface area contributed by atoms with Gasteiger partial charge >= 0.3 is 0 Å². The molecule has 7 heteroatoms. The smallest absolute Gasteiger partial charge is 0.179 e. The maximum Gasteiger partial charge on any atom is 0.179 e. The van der Waals surface area contributed by atoms with E-state index in [1.807, 2.05) is 36.1 Å². The second-order valence-corrected chi connectivity index (χ2v) is 6.95. The Morgan fingerprint density at radius 2 is 1.43 bits per heavy atom. The van der Waals surface area contributed by atoms with Gasteiger partial charge in [0.15, 0.2) is 12.5 Å². The highest BCUT2D eigenvalue weighted by Gasteiger charge is 2.27. The molecule has 0 spiro atoms. The Labute approximate surface area is 165 Å². The molecule has 0 aliphatic carbocycles. The fraction of sp³-hybridized carbons (Fsp3) is 0.333. The Kier molecular flexibility index (Phi) is 5.06. The maximum absolute atomic E-state index is 11.5. The van der Waals surface area contributed by atoms with Gasteiger partial charge in [0, 0.05) is 49.8 Å². The van der Waals surface area contributed by atoms with Crippen LogP contribution in [0.3, 0.4) is 0 Å². The van der Waals surface area contributed by atoms with Gasteiger partial charge < -0.3 is 19.8 Å². The molecule has 2 aliphatic heterocycles. The standard InChI is InChI=1S/C21H25N5O2/c1-2-26-21(15-27)25(16-22-26)19-5-3-17(4-6-19)23-11-13-24(14-12-23)18-7-9-20(28)10-8-18/h3-10,15-16,21,28H,2,11-14H2,1H3. The molecule has 28 heavy (non-hydrogen) atoms. The van der Waals surface area contributed by atoms with E-state index in [1.54, 1.807) is 23.5 Å². The summed E-state index contributed by atoms with van der Waals surface area (Å²) in [5, 5.41) is 15.5. The molecule has 1 fully saturated rings. The zero-order valence-electron chi connectivity index (χ0n) is 16.0. The van der Waals surface area contributed by atoms with Crippen molar-refractivity contribution < 1.29 is 9.90 Å². The van der Waals surface area contributed by atoms with Crippen LogP contribution in [0.1, 0.15) is 6.92 Å². The Morgan fingerprint density at radius 3 is 1.93 bits per heavy atom. The van der Waals surface area contributed by atoms with Gasteiger partial charge in [-0.2, -0.15) is 5.10 Å². The number of anilines is 3. The van der Waals surface area contributed by atoms with E-state index in [1.165, 1.54) is 5.69 Å². The molecule has 146 valence electrons. The molecule has 1 unspecified atom stereocenters. The lowest BCUT2D eigenvalue weighted by molar-refractivity contribution is -0.111. The minimum atomic E-state index is -0.371. The van der Waals surface area contributed by atoms with Crippen LogP contribution in [0.25, 0.3) is 0 Å². The fourth-order valence-electron chi connectivity index (χ4n) is 3.75. The molecule has 0 amide bonds. The summed E-state index contributed by atoms with van der Waals surface area (Å²) < 4.78 is 0. The van der Waals surface area contributed by atoms with Gasteiger partial charge in [-0.1, -0.05) is 0 Å². The van der Waals surface area contributed by atoms with Gasteiger partial charge in [-0.3, -0.25) is 9.80 Å². The highest BCUT2D eigenvalue weighted by Crippen LogP contribution is 2.26. The summed E-state index contributed by atoms with van der Waals surface area (Å²) in [6.07, 6.45) is 2.27. The van der Waals surface area contributed by atoms with Crippen LogP contribution in [0.5, 0.6) is 5.75 Å². The monoisotopic (exact) mass is 379 g/mol. The van der Waals surface area contributed by atoms with Gasteiger partial charge in [0.05, 0.1) is 0 Å². The van der Waals surface area contributed by atoms with Crippen molar-refractivity contribution in [3.63, 3.8) is 0 Å². The SMILES string of the molecule is CCN1N=CN(c2ccc(N3CCN(c4ccc(O)cc4)CC3)cc2)C1C=O. The molecule has 2 aromatic carbocycles. The number of benzene rings is 2. The third-order valence-corrected chi connectivity index (χ3v) is 5.37. The first-order valence-corrected chi connectivity index (χ1v) is 9.63. The molecule has 0 radical (unpaired) electrons. The zero-order valence-corrected chi connectivity index (χ0v) is 16.0. The molecule has 0 saturated carbocycles. The number of carbonyl (C=O) groups is 1. The number of hydrogen-bond donors (Lipinski definition) is 1. The highest BCUT2D eigenvalue weighted by atomic mass is 16.3. The predicted octanol–water partition coefficient (Wildman–Crippen LogP) is 2.33. The molecular weight excluding hydrogens is 354 g/mol. The van der Waals surface area contributed by atoms with E-state index in [2.05, 4.69) is 27.0 Å². The third-order valence-electron chi connectivity index (χ3n) is 5.37. The summed E-state index contributed by atoms with van der Waals surface area (Å²) in [7, 11) is 0. The quantitative estimate of drug-likeness (QED) is 0.805. The number of nitrogens with zero attached hydrogens (tertiary/aromatic N) is 5. The normalized spacial score (nSPS) is 19.4. The molecule has 0 bridgehead atoms. The summed E-state index contributed by atoms with van der Waals surface area (Å²) in [6, 6.07) is 15.7. The summed E-state index contributed by atoms with van der Waals surface area (Å²) in [5.41, 5.74) is 3.28. The van der Waals surface area contributed by atoms with Crippen LogP contribution in [0.4, 0.5) is 17.1 Å². The lowest BCUT2D eigenvalue weighted by Crippen LogP contribution is -2.46. The molecule has 2 aliphatic rings. The molecule has 1 N–H and O–H groups in total. The summed E-state index contributed by atoms with van der Waals surface area (Å²) in [5.74, 6) is 0.296. The lowest BCUT2D eigenvalue weighted by Gasteiger charge is -2.37. The first kappa shape index (κ1) is 18.2. The van der Waals surface area contributed by atoms with Gasteiger partial charge in [-0.15, -0.1) is 0 Å². The number of aromatic hydroxyl groups is 1. The highest BCUT2D eigenvalue weighted by molar-refractivity contribution is 5.87. The van der Waals surface area contributed by atoms with Crippen LogP contribution < -0.4 is 14.7 Å². The van der Waals surface area contributed by atoms with E-state index in [0.29, 0.717) is 12.3 Å². The second-order valence-electron chi connectivity index (χ2n) is 6.95. The molecule has 4 rings (SSSR count). The van der Waals surface area contributed by atoms with Crippen LogP contribution >= 0.6 is 0 Å². The summed E-state index contributed by atoms with van der Waals surface area (Å²) >= 11 is 0.